The Morgan fingerprint density at radius 1 is 0.853 bits per heavy atom. The number of hydrogen-bond donors (Lipinski definition) is 1. The van der Waals surface area contributed by atoms with Crippen LogP contribution in [0.3, 0.4) is 0 Å². The predicted octanol–water partition coefficient (Wildman–Crippen LogP) is 5.26. The van der Waals surface area contributed by atoms with Gasteiger partial charge in [-0.2, -0.15) is 0 Å². The molecule has 0 aliphatic carbocycles. The first-order chi connectivity index (χ1) is 16.8. The third kappa shape index (κ3) is 5.38. The third-order valence-electron chi connectivity index (χ3n) is 5.85. The number of para-hydroxylation sites is 1. The van der Waals surface area contributed by atoms with Crippen molar-refractivity contribution >= 4 is 23.4 Å². The maximum atomic E-state index is 12.7. The zero-order valence-corrected chi connectivity index (χ0v) is 19.7. The van der Waals surface area contributed by atoms with Gasteiger partial charge in [-0.3, -0.25) is 14.3 Å². The van der Waals surface area contributed by atoms with Gasteiger partial charge in [0, 0.05) is 23.5 Å². The van der Waals surface area contributed by atoms with Crippen molar-refractivity contribution in [2.75, 3.05) is 24.2 Å². The fourth-order valence-corrected chi connectivity index (χ4v) is 4.92. The number of anilines is 1. The average molecular weight is 470 g/mol. The fraction of sp³-hybridized carbons (Fsp3) is 0.222. The first-order valence-corrected chi connectivity index (χ1v) is 12.5. The third-order valence-corrected chi connectivity index (χ3v) is 6.78. The molecule has 1 fully saturated rings. The molecule has 7 heteroatoms. The van der Waals surface area contributed by atoms with Crippen LogP contribution in [-0.4, -0.2) is 44.4 Å². The smallest absolute Gasteiger partial charge is 0.234 e. The van der Waals surface area contributed by atoms with E-state index in [2.05, 4.69) is 32.5 Å². The van der Waals surface area contributed by atoms with Crippen LogP contribution in [0.2, 0.25) is 0 Å². The van der Waals surface area contributed by atoms with Gasteiger partial charge in [0.25, 0.3) is 0 Å². The highest BCUT2D eigenvalue weighted by Crippen LogP contribution is 2.28. The number of aromatic nitrogens is 3. The number of nitrogens with one attached hydrogen (secondary N) is 1. The van der Waals surface area contributed by atoms with E-state index in [1.54, 1.807) is 0 Å². The number of carbonyl (C=O) groups is 1. The quantitative estimate of drug-likeness (QED) is 0.357. The van der Waals surface area contributed by atoms with E-state index in [1.165, 1.54) is 43.3 Å². The second-order valence-corrected chi connectivity index (χ2v) is 9.30. The molecule has 0 bridgehead atoms. The van der Waals surface area contributed by atoms with E-state index < -0.39 is 0 Å². The highest BCUT2D eigenvalue weighted by Gasteiger charge is 2.17. The minimum absolute atomic E-state index is 0.0684. The van der Waals surface area contributed by atoms with Crippen molar-refractivity contribution in [3.05, 3.63) is 90.5 Å². The molecule has 3 aromatic carbocycles. The summed E-state index contributed by atoms with van der Waals surface area (Å²) in [5.41, 5.74) is 4.02. The number of likely N-dealkylation sites (tertiary alicyclic amines) is 1. The summed E-state index contributed by atoms with van der Waals surface area (Å²) in [5, 5.41) is 12.5. The largest absolute Gasteiger partial charge is 0.325 e. The molecule has 4 aromatic rings. The van der Waals surface area contributed by atoms with Crippen molar-refractivity contribution in [3.63, 3.8) is 0 Å². The van der Waals surface area contributed by atoms with E-state index in [-0.39, 0.29) is 11.7 Å². The maximum absolute atomic E-state index is 12.7. The first-order valence-electron chi connectivity index (χ1n) is 11.6. The van der Waals surface area contributed by atoms with Crippen LogP contribution in [0.5, 0.6) is 0 Å². The van der Waals surface area contributed by atoms with Crippen molar-refractivity contribution in [3.8, 4) is 17.1 Å². The molecule has 0 saturated carbocycles. The molecule has 0 atom stereocenters. The summed E-state index contributed by atoms with van der Waals surface area (Å²) in [6, 6.07) is 28.1. The molecule has 1 aromatic heterocycles. The summed E-state index contributed by atoms with van der Waals surface area (Å²) in [6.07, 6.45) is 2.58. The molecule has 1 amide bonds. The van der Waals surface area contributed by atoms with Crippen LogP contribution in [0.4, 0.5) is 5.69 Å². The van der Waals surface area contributed by atoms with Crippen LogP contribution >= 0.6 is 11.8 Å². The van der Waals surface area contributed by atoms with Gasteiger partial charge in [-0.25, -0.2) is 0 Å². The summed E-state index contributed by atoms with van der Waals surface area (Å²) in [6.45, 7) is 3.33. The van der Waals surface area contributed by atoms with E-state index in [4.69, 9.17) is 0 Å². The van der Waals surface area contributed by atoms with Gasteiger partial charge in [0.15, 0.2) is 11.0 Å². The maximum Gasteiger partial charge on any atom is 0.234 e. The molecule has 0 unspecified atom stereocenters. The van der Waals surface area contributed by atoms with Crippen molar-refractivity contribution < 1.29 is 4.79 Å². The van der Waals surface area contributed by atoms with Crippen LogP contribution in [0.1, 0.15) is 18.4 Å². The number of benzene rings is 3. The average Bonchev–Trinajstić information content (AvgIpc) is 3.55. The first kappa shape index (κ1) is 22.4. The van der Waals surface area contributed by atoms with Gasteiger partial charge >= 0.3 is 0 Å². The SMILES string of the molecule is O=C(CSc1nnc(-c2ccccc2)n1-c1ccccc1)Nc1ccc(CN2CCCC2)cc1. The number of thioether (sulfide) groups is 1. The van der Waals surface area contributed by atoms with E-state index in [9.17, 15) is 4.79 Å². The summed E-state index contributed by atoms with van der Waals surface area (Å²) in [4.78, 5) is 15.1. The van der Waals surface area contributed by atoms with E-state index >= 15 is 0 Å². The van der Waals surface area contributed by atoms with E-state index in [1.807, 2.05) is 77.4 Å². The molecule has 34 heavy (non-hydrogen) atoms. The molecule has 2 heterocycles. The second kappa shape index (κ2) is 10.7. The second-order valence-electron chi connectivity index (χ2n) is 8.36. The summed E-state index contributed by atoms with van der Waals surface area (Å²) in [7, 11) is 0. The molecule has 1 aliphatic heterocycles. The van der Waals surface area contributed by atoms with E-state index in [0.717, 1.165) is 29.3 Å². The van der Waals surface area contributed by atoms with Crippen molar-refractivity contribution in [2.24, 2.45) is 0 Å². The lowest BCUT2D eigenvalue weighted by molar-refractivity contribution is -0.113. The standard InChI is InChI=1S/C27H27N5OS/c33-25(28-23-15-13-21(14-16-23)19-31-17-7-8-18-31)20-34-27-30-29-26(22-9-3-1-4-10-22)32(27)24-11-5-2-6-12-24/h1-6,9-16H,7-8,17-20H2,(H,28,33). The van der Waals surface area contributed by atoms with Crippen LogP contribution in [0, 0.1) is 0 Å². The number of hydrogen-bond acceptors (Lipinski definition) is 5. The van der Waals surface area contributed by atoms with Crippen LogP contribution in [0.15, 0.2) is 90.1 Å². The van der Waals surface area contributed by atoms with Crippen molar-refractivity contribution in [1.82, 2.24) is 19.7 Å². The van der Waals surface area contributed by atoms with Gasteiger partial charge in [-0.15, -0.1) is 10.2 Å². The molecule has 5 rings (SSSR count). The molecular weight excluding hydrogens is 442 g/mol. The fourth-order valence-electron chi connectivity index (χ4n) is 4.17. The minimum atomic E-state index is -0.0684. The molecule has 1 aliphatic rings. The Morgan fingerprint density at radius 2 is 1.53 bits per heavy atom. The summed E-state index contributed by atoms with van der Waals surface area (Å²) >= 11 is 1.38. The molecular formula is C27H27N5OS. The normalized spacial score (nSPS) is 13.8. The topological polar surface area (TPSA) is 63.1 Å². The summed E-state index contributed by atoms with van der Waals surface area (Å²) in [5.74, 6) is 0.930. The number of carbonyl (C=O) groups excluding carboxylic acids is 1. The Morgan fingerprint density at radius 3 is 2.24 bits per heavy atom. The van der Waals surface area contributed by atoms with Gasteiger partial charge in [0.1, 0.15) is 0 Å². The van der Waals surface area contributed by atoms with Gasteiger partial charge in [-0.1, -0.05) is 72.4 Å². The Labute approximate surface area is 204 Å². The van der Waals surface area contributed by atoms with Crippen LogP contribution in [-0.2, 0) is 11.3 Å². The Kier molecular flexibility index (Phi) is 7.02. The van der Waals surface area contributed by atoms with Gasteiger partial charge in [-0.05, 0) is 55.8 Å². The zero-order valence-electron chi connectivity index (χ0n) is 18.9. The highest BCUT2D eigenvalue weighted by atomic mass is 32.2. The minimum Gasteiger partial charge on any atom is -0.325 e. The van der Waals surface area contributed by atoms with Gasteiger partial charge < -0.3 is 5.32 Å². The monoisotopic (exact) mass is 469 g/mol. The predicted molar refractivity (Wildman–Crippen MR) is 137 cm³/mol. The van der Waals surface area contributed by atoms with Crippen LogP contribution < -0.4 is 5.32 Å². The van der Waals surface area contributed by atoms with E-state index in [0.29, 0.717) is 5.16 Å². The molecule has 6 nitrogen and oxygen atoms in total. The number of rotatable bonds is 8. The molecule has 172 valence electrons. The Balaban J connectivity index is 1.26. The summed E-state index contributed by atoms with van der Waals surface area (Å²) < 4.78 is 2.00. The lowest BCUT2D eigenvalue weighted by Crippen LogP contribution is -2.18. The number of nitrogens with zero attached hydrogens (tertiary/aromatic N) is 4. The zero-order chi connectivity index (χ0) is 23.2. The lowest BCUT2D eigenvalue weighted by Gasteiger charge is -2.14. The molecule has 1 N–H and O–H groups in total. The van der Waals surface area contributed by atoms with Gasteiger partial charge in [0.2, 0.25) is 5.91 Å². The molecule has 0 radical (unpaired) electrons. The van der Waals surface area contributed by atoms with Crippen molar-refractivity contribution in [2.45, 2.75) is 24.5 Å². The van der Waals surface area contributed by atoms with Gasteiger partial charge in [0.05, 0.1) is 5.75 Å². The Bertz CT molecular complexity index is 1220. The molecule has 1 saturated heterocycles. The Hall–Kier alpha value is -3.42. The highest BCUT2D eigenvalue weighted by molar-refractivity contribution is 7.99. The van der Waals surface area contributed by atoms with Crippen molar-refractivity contribution in [1.29, 1.82) is 0 Å². The molecule has 0 spiro atoms. The number of amides is 1. The van der Waals surface area contributed by atoms with Crippen LogP contribution in [0.25, 0.3) is 17.1 Å². The lowest BCUT2D eigenvalue weighted by atomic mass is 10.2.